The number of carbonyl (C=O) groups excluding carboxylic acids is 2. The minimum absolute atomic E-state index is 0.286. The first-order valence-electron chi connectivity index (χ1n) is 10.3. The van der Waals surface area contributed by atoms with Crippen molar-refractivity contribution in [3.63, 3.8) is 0 Å². The zero-order valence-electron chi connectivity index (χ0n) is 18.6. The highest BCUT2D eigenvalue weighted by molar-refractivity contribution is 7.89. The Balaban J connectivity index is 1.70. The minimum atomic E-state index is -3.87. The molecule has 0 aliphatic heterocycles. The normalized spacial score (nSPS) is 11.4. The van der Waals surface area contributed by atoms with E-state index in [1.807, 2.05) is 48.7 Å². The topological polar surface area (TPSA) is 94.5 Å². The molecule has 3 rings (SSSR count). The number of halogens is 1. The average molecular weight is 473 g/mol. The number of ether oxygens (including phenoxy) is 1. The number of carbonyl (C=O) groups is 2. The number of hydrogen-bond acceptors (Lipinski definition) is 5. The van der Waals surface area contributed by atoms with Gasteiger partial charge in [0.05, 0.1) is 10.5 Å². The molecule has 0 unspecified atom stereocenters. The van der Waals surface area contributed by atoms with E-state index in [2.05, 4.69) is 4.72 Å². The highest BCUT2D eigenvalue weighted by atomic mass is 32.2. The van der Waals surface area contributed by atoms with Crippen molar-refractivity contribution in [1.82, 2.24) is 9.29 Å². The highest BCUT2D eigenvalue weighted by Gasteiger charge is 2.22. The smallest absolute Gasteiger partial charge is 0.341 e. The van der Waals surface area contributed by atoms with E-state index in [-0.39, 0.29) is 4.90 Å². The molecular formula is C24H25FN2O5S. The fraction of sp³-hybridized carbons (Fsp3) is 0.250. The van der Waals surface area contributed by atoms with Crippen LogP contribution in [0.4, 0.5) is 4.39 Å². The maximum absolute atomic E-state index is 14.1. The van der Waals surface area contributed by atoms with Crippen molar-refractivity contribution in [1.29, 1.82) is 0 Å². The summed E-state index contributed by atoms with van der Waals surface area (Å²) in [4.78, 5) is 24.8. The van der Waals surface area contributed by atoms with Gasteiger partial charge in [0.2, 0.25) is 15.8 Å². The van der Waals surface area contributed by atoms with Crippen molar-refractivity contribution < 1.29 is 27.1 Å². The van der Waals surface area contributed by atoms with Gasteiger partial charge in [-0.3, -0.25) is 4.79 Å². The molecule has 0 saturated carbocycles. The van der Waals surface area contributed by atoms with Crippen LogP contribution in [0.1, 0.15) is 37.7 Å². The molecule has 174 valence electrons. The lowest BCUT2D eigenvalue weighted by molar-refractivity contribution is 0.0469. The van der Waals surface area contributed by atoms with Crippen LogP contribution in [-0.2, 0) is 27.7 Å². The van der Waals surface area contributed by atoms with Gasteiger partial charge in [-0.2, -0.15) is 0 Å². The number of benzene rings is 2. The summed E-state index contributed by atoms with van der Waals surface area (Å²) in [6, 6.07) is 14.5. The second kappa shape index (κ2) is 10.1. The van der Waals surface area contributed by atoms with Crippen LogP contribution in [-0.4, -0.2) is 38.4 Å². The summed E-state index contributed by atoms with van der Waals surface area (Å²) in [5.74, 6) is -2.49. The molecule has 3 aromatic rings. The monoisotopic (exact) mass is 472 g/mol. The molecule has 0 fully saturated rings. The maximum atomic E-state index is 14.1. The third-order valence-corrected chi connectivity index (χ3v) is 6.82. The Hall–Kier alpha value is -3.30. The van der Waals surface area contributed by atoms with Gasteiger partial charge in [-0.15, -0.1) is 0 Å². The fourth-order valence-corrected chi connectivity index (χ4v) is 4.30. The van der Waals surface area contributed by atoms with E-state index in [9.17, 15) is 22.4 Å². The van der Waals surface area contributed by atoms with E-state index in [1.165, 1.54) is 12.6 Å². The van der Waals surface area contributed by atoms with Crippen molar-refractivity contribution in [3.8, 4) is 0 Å². The molecule has 0 bridgehead atoms. The number of aryl methyl sites for hydroxylation is 2. The molecule has 9 heteroatoms. The lowest BCUT2D eigenvalue weighted by Gasteiger charge is -2.10. The Kier molecular flexibility index (Phi) is 7.45. The van der Waals surface area contributed by atoms with Crippen molar-refractivity contribution in [2.75, 3.05) is 13.7 Å². The van der Waals surface area contributed by atoms with Gasteiger partial charge in [0.25, 0.3) is 0 Å². The summed E-state index contributed by atoms with van der Waals surface area (Å²) in [7, 11) is -2.67. The van der Waals surface area contributed by atoms with Crippen LogP contribution in [0.2, 0.25) is 0 Å². The Labute approximate surface area is 192 Å². The summed E-state index contributed by atoms with van der Waals surface area (Å²) in [5, 5.41) is 0. The molecule has 0 radical (unpaired) electrons. The van der Waals surface area contributed by atoms with Gasteiger partial charge in [-0.1, -0.05) is 30.3 Å². The second-order valence-electron chi connectivity index (χ2n) is 7.52. The Morgan fingerprint density at radius 1 is 1.03 bits per heavy atom. The number of aromatic nitrogens is 1. The molecule has 1 N–H and O–H groups in total. The fourth-order valence-electron chi connectivity index (χ4n) is 3.55. The van der Waals surface area contributed by atoms with Gasteiger partial charge in [0, 0.05) is 23.5 Å². The van der Waals surface area contributed by atoms with Crippen molar-refractivity contribution in [2.24, 2.45) is 0 Å². The van der Waals surface area contributed by atoms with E-state index >= 15 is 0 Å². The quantitative estimate of drug-likeness (QED) is 0.380. The zero-order valence-corrected chi connectivity index (χ0v) is 19.4. The molecule has 0 atom stereocenters. The molecule has 33 heavy (non-hydrogen) atoms. The Morgan fingerprint density at radius 3 is 2.39 bits per heavy atom. The molecule has 0 aliphatic carbocycles. The first-order valence-corrected chi connectivity index (χ1v) is 11.8. The van der Waals surface area contributed by atoms with Crippen LogP contribution in [0.3, 0.4) is 0 Å². The Bertz CT molecular complexity index is 1280. The SMILES string of the molecule is CNS(=O)(=O)c1ccc(F)c(C(=O)OCC(=O)c2cc(C)n(CCc3ccccc3)c2C)c1. The van der Waals surface area contributed by atoms with E-state index in [0.29, 0.717) is 12.1 Å². The van der Waals surface area contributed by atoms with Gasteiger partial charge >= 0.3 is 5.97 Å². The van der Waals surface area contributed by atoms with Gasteiger partial charge in [-0.05, 0) is 57.1 Å². The molecule has 7 nitrogen and oxygen atoms in total. The molecule has 0 spiro atoms. The van der Waals surface area contributed by atoms with Gasteiger partial charge in [0.1, 0.15) is 5.82 Å². The van der Waals surface area contributed by atoms with E-state index in [4.69, 9.17) is 4.74 Å². The second-order valence-corrected chi connectivity index (χ2v) is 9.41. The first kappa shape index (κ1) is 24.3. The number of Topliss-reactive ketones (excluding diaryl/α,β-unsaturated/α-hetero) is 1. The van der Waals surface area contributed by atoms with Gasteiger partial charge in [0.15, 0.2) is 6.61 Å². The van der Waals surface area contributed by atoms with Crippen LogP contribution in [0, 0.1) is 19.7 Å². The standard InChI is InChI=1S/C24H25FN2O5S/c1-16-13-20(17(2)27(16)12-11-18-7-5-4-6-8-18)23(28)15-32-24(29)21-14-19(9-10-22(21)25)33(30,31)26-3/h4-10,13-14,26H,11-12,15H2,1-3H3. The minimum Gasteiger partial charge on any atom is -0.454 e. The largest absolute Gasteiger partial charge is 0.454 e. The van der Waals surface area contributed by atoms with Crippen LogP contribution in [0.25, 0.3) is 0 Å². The van der Waals surface area contributed by atoms with E-state index in [1.54, 1.807) is 6.07 Å². The van der Waals surface area contributed by atoms with Crippen LogP contribution < -0.4 is 4.72 Å². The van der Waals surface area contributed by atoms with Crippen molar-refractivity contribution in [3.05, 3.63) is 88.5 Å². The third-order valence-electron chi connectivity index (χ3n) is 5.41. The van der Waals surface area contributed by atoms with Crippen LogP contribution in [0.15, 0.2) is 59.5 Å². The summed E-state index contributed by atoms with van der Waals surface area (Å²) in [6.07, 6.45) is 0.797. The summed E-state index contributed by atoms with van der Waals surface area (Å²) < 4.78 is 47.0. The number of sulfonamides is 1. The van der Waals surface area contributed by atoms with Crippen molar-refractivity contribution >= 4 is 21.8 Å². The maximum Gasteiger partial charge on any atom is 0.341 e. The molecule has 0 amide bonds. The Morgan fingerprint density at radius 2 is 1.73 bits per heavy atom. The summed E-state index contributed by atoms with van der Waals surface area (Å²) >= 11 is 0. The van der Waals surface area contributed by atoms with Crippen LogP contribution in [0.5, 0.6) is 0 Å². The van der Waals surface area contributed by atoms with Crippen molar-refractivity contribution in [2.45, 2.75) is 31.7 Å². The van der Waals surface area contributed by atoms with Gasteiger partial charge in [-0.25, -0.2) is 22.3 Å². The first-order chi connectivity index (χ1) is 15.6. The molecule has 1 aromatic heterocycles. The number of nitrogens with zero attached hydrogens (tertiary/aromatic N) is 1. The summed E-state index contributed by atoms with van der Waals surface area (Å²) in [5.41, 5.74) is 2.68. The number of esters is 1. The molecular weight excluding hydrogens is 447 g/mol. The molecule has 0 aliphatic rings. The number of rotatable bonds is 9. The zero-order chi connectivity index (χ0) is 24.2. The van der Waals surface area contributed by atoms with E-state index < -0.39 is 39.8 Å². The number of ketones is 1. The molecule has 1 heterocycles. The average Bonchev–Trinajstić information content (AvgIpc) is 3.09. The third kappa shape index (κ3) is 5.55. The van der Waals surface area contributed by atoms with Gasteiger partial charge < -0.3 is 9.30 Å². The molecule has 2 aromatic carbocycles. The lowest BCUT2D eigenvalue weighted by atomic mass is 10.1. The van der Waals surface area contributed by atoms with Crippen LogP contribution >= 0.6 is 0 Å². The highest BCUT2D eigenvalue weighted by Crippen LogP contribution is 2.19. The number of hydrogen-bond donors (Lipinski definition) is 1. The predicted molar refractivity (Wildman–Crippen MR) is 121 cm³/mol. The predicted octanol–water partition coefficient (Wildman–Crippen LogP) is 3.43. The van der Waals surface area contributed by atoms with E-state index in [0.717, 1.165) is 36.0 Å². The molecule has 0 saturated heterocycles. The summed E-state index contributed by atoms with van der Waals surface area (Å²) in [6.45, 7) is 3.81. The number of nitrogens with one attached hydrogen (secondary N) is 1. The lowest BCUT2D eigenvalue weighted by Crippen LogP contribution is -2.20.